The number of hydrogen-bond donors (Lipinski definition) is 2. The highest BCUT2D eigenvalue weighted by atomic mass is 32.1. The molecule has 2 amide bonds. The molecule has 1 heterocycles. The number of carbonyl (C=O) groups excluding carboxylic acids is 2. The standard InChI is InChI=1S/C15H19N3O3S/c1-3-17-9-14(19)21-18(15(16)20)10(2)13-8-11-6-4-5-7-12(11)22-13/h4-8,10,17H,3,9H2,1-2H3,(H2,16,20). The van der Waals surface area contributed by atoms with E-state index in [1.165, 1.54) is 11.3 Å². The Balaban J connectivity index is 2.16. The Kier molecular flexibility index (Phi) is 5.35. The number of hydroxylamine groups is 2. The van der Waals surface area contributed by atoms with Crippen molar-refractivity contribution < 1.29 is 14.4 Å². The van der Waals surface area contributed by atoms with Gasteiger partial charge < -0.3 is 15.9 Å². The molecule has 0 fully saturated rings. The summed E-state index contributed by atoms with van der Waals surface area (Å²) < 4.78 is 1.10. The van der Waals surface area contributed by atoms with Gasteiger partial charge in [-0.1, -0.05) is 25.1 Å². The predicted molar refractivity (Wildman–Crippen MR) is 86.3 cm³/mol. The van der Waals surface area contributed by atoms with Gasteiger partial charge >= 0.3 is 12.0 Å². The van der Waals surface area contributed by atoms with E-state index in [2.05, 4.69) is 5.32 Å². The number of thiophene rings is 1. The van der Waals surface area contributed by atoms with Gasteiger partial charge in [0, 0.05) is 9.58 Å². The van der Waals surface area contributed by atoms with Crippen LogP contribution in [-0.2, 0) is 9.63 Å². The van der Waals surface area contributed by atoms with Gasteiger partial charge in [0.05, 0.1) is 6.54 Å². The van der Waals surface area contributed by atoms with Gasteiger partial charge in [0.2, 0.25) is 0 Å². The van der Waals surface area contributed by atoms with Gasteiger partial charge in [-0.2, -0.15) is 0 Å². The molecule has 0 bridgehead atoms. The van der Waals surface area contributed by atoms with Crippen LogP contribution in [0.4, 0.5) is 4.79 Å². The summed E-state index contributed by atoms with van der Waals surface area (Å²) in [6.45, 7) is 4.31. The number of urea groups is 1. The van der Waals surface area contributed by atoms with Crippen LogP contribution in [0.3, 0.4) is 0 Å². The lowest BCUT2D eigenvalue weighted by Gasteiger charge is -2.24. The molecule has 0 radical (unpaired) electrons. The number of carbonyl (C=O) groups is 2. The van der Waals surface area contributed by atoms with Crippen LogP contribution >= 0.6 is 11.3 Å². The van der Waals surface area contributed by atoms with Gasteiger partial charge in [0.25, 0.3) is 0 Å². The summed E-state index contributed by atoms with van der Waals surface area (Å²) in [6, 6.07) is 8.63. The first-order valence-corrected chi connectivity index (χ1v) is 7.83. The van der Waals surface area contributed by atoms with E-state index in [0.29, 0.717) is 6.54 Å². The SMILES string of the molecule is CCNCC(=O)ON(C(N)=O)C(C)c1cc2ccccc2s1. The molecule has 0 aliphatic rings. The van der Waals surface area contributed by atoms with Crippen LogP contribution in [0.1, 0.15) is 24.8 Å². The number of nitrogens with two attached hydrogens (primary N) is 1. The average Bonchev–Trinajstić information content (AvgIpc) is 2.93. The Hall–Kier alpha value is -2.12. The summed E-state index contributed by atoms with van der Waals surface area (Å²) in [5.74, 6) is -0.548. The molecule has 1 unspecified atom stereocenters. The third kappa shape index (κ3) is 3.75. The van der Waals surface area contributed by atoms with Crippen molar-refractivity contribution in [2.45, 2.75) is 19.9 Å². The van der Waals surface area contributed by atoms with Crippen LogP contribution in [-0.4, -0.2) is 30.2 Å². The van der Waals surface area contributed by atoms with Crippen LogP contribution in [0.2, 0.25) is 0 Å². The van der Waals surface area contributed by atoms with E-state index in [1.54, 1.807) is 6.92 Å². The molecule has 118 valence electrons. The minimum atomic E-state index is -0.796. The highest BCUT2D eigenvalue weighted by molar-refractivity contribution is 7.19. The van der Waals surface area contributed by atoms with Crippen LogP contribution in [0.25, 0.3) is 10.1 Å². The van der Waals surface area contributed by atoms with Crippen LogP contribution in [0.5, 0.6) is 0 Å². The summed E-state index contributed by atoms with van der Waals surface area (Å²) in [5, 5.41) is 4.84. The molecule has 6 nitrogen and oxygen atoms in total. The Morgan fingerprint density at radius 1 is 1.41 bits per heavy atom. The first-order chi connectivity index (χ1) is 10.5. The molecule has 1 atom stereocenters. The van der Waals surface area contributed by atoms with Crippen molar-refractivity contribution >= 4 is 33.4 Å². The lowest BCUT2D eigenvalue weighted by molar-refractivity contribution is -0.182. The number of amides is 2. The number of fused-ring (bicyclic) bond motifs is 1. The van der Waals surface area contributed by atoms with Crippen LogP contribution < -0.4 is 11.1 Å². The molecule has 7 heteroatoms. The second-order valence-corrected chi connectivity index (χ2v) is 5.89. The Labute approximate surface area is 132 Å². The van der Waals surface area contributed by atoms with E-state index in [0.717, 1.165) is 20.0 Å². The topological polar surface area (TPSA) is 84.7 Å². The normalized spacial score (nSPS) is 12.1. The minimum absolute atomic E-state index is 0.0272. The fourth-order valence-electron chi connectivity index (χ4n) is 2.01. The van der Waals surface area contributed by atoms with E-state index in [-0.39, 0.29) is 6.54 Å². The summed E-state index contributed by atoms with van der Waals surface area (Å²) >= 11 is 1.54. The number of nitrogens with one attached hydrogen (secondary N) is 1. The van der Waals surface area contributed by atoms with Gasteiger partial charge in [0.1, 0.15) is 6.04 Å². The monoisotopic (exact) mass is 321 g/mol. The van der Waals surface area contributed by atoms with E-state index >= 15 is 0 Å². The molecule has 0 spiro atoms. The predicted octanol–water partition coefficient (Wildman–Crippen LogP) is 2.41. The van der Waals surface area contributed by atoms with E-state index in [9.17, 15) is 9.59 Å². The quantitative estimate of drug-likeness (QED) is 0.828. The summed E-state index contributed by atoms with van der Waals surface area (Å²) in [6.07, 6.45) is 0. The highest BCUT2D eigenvalue weighted by Crippen LogP contribution is 2.32. The number of benzene rings is 1. The maximum atomic E-state index is 11.7. The molecule has 0 saturated carbocycles. The Morgan fingerprint density at radius 2 is 2.14 bits per heavy atom. The fraction of sp³-hybridized carbons (Fsp3) is 0.333. The number of likely N-dealkylation sites (N-methyl/N-ethyl adjacent to an activating group) is 1. The maximum absolute atomic E-state index is 11.7. The largest absolute Gasteiger partial charge is 0.349 e. The first-order valence-electron chi connectivity index (χ1n) is 7.01. The third-order valence-corrected chi connectivity index (χ3v) is 4.43. The first kappa shape index (κ1) is 16.3. The minimum Gasteiger partial charge on any atom is -0.349 e. The molecule has 22 heavy (non-hydrogen) atoms. The smallest absolute Gasteiger partial charge is 0.348 e. The molecule has 3 N–H and O–H groups in total. The number of rotatable bonds is 5. The van der Waals surface area contributed by atoms with Crippen molar-refractivity contribution in [2.75, 3.05) is 13.1 Å². The second-order valence-electron chi connectivity index (χ2n) is 4.77. The molecule has 0 saturated heterocycles. The molecule has 0 aliphatic carbocycles. The lowest BCUT2D eigenvalue weighted by atomic mass is 10.2. The number of primary amides is 1. The van der Waals surface area contributed by atoms with Crippen molar-refractivity contribution in [1.29, 1.82) is 0 Å². The fourth-order valence-corrected chi connectivity index (χ4v) is 3.11. The molecule has 2 aromatic rings. The van der Waals surface area contributed by atoms with Crippen molar-refractivity contribution in [2.24, 2.45) is 5.73 Å². The summed E-state index contributed by atoms with van der Waals surface area (Å²) in [4.78, 5) is 29.3. The summed E-state index contributed by atoms with van der Waals surface area (Å²) in [7, 11) is 0. The maximum Gasteiger partial charge on any atom is 0.348 e. The molecular weight excluding hydrogens is 302 g/mol. The Morgan fingerprint density at radius 3 is 2.77 bits per heavy atom. The van der Waals surface area contributed by atoms with Gasteiger partial charge in [-0.15, -0.1) is 16.4 Å². The van der Waals surface area contributed by atoms with E-state index in [1.807, 2.05) is 37.3 Å². The summed E-state index contributed by atoms with van der Waals surface area (Å²) in [5.41, 5.74) is 5.34. The van der Waals surface area contributed by atoms with Gasteiger partial charge in [0.15, 0.2) is 0 Å². The Bertz CT molecular complexity index is 638. The number of hydrogen-bond acceptors (Lipinski definition) is 5. The van der Waals surface area contributed by atoms with Crippen LogP contribution in [0.15, 0.2) is 30.3 Å². The van der Waals surface area contributed by atoms with Gasteiger partial charge in [-0.25, -0.2) is 9.59 Å². The third-order valence-electron chi connectivity index (χ3n) is 3.14. The van der Waals surface area contributed by atoms with Crippen LogP contribution in [0, 0.1) is 0 Å². The zero-order valence-electron chi connectivity index (χ0n) is 12.5. The lowest BCUT2D eigenvalue weighted by Crippen LogP contribution is -2.41. The average molecular weight is 321 g/mol. The zero-order valence-corrected chi connectivity index (χ0v) is 13.4. The zero-order chi connectivity index (χ0) is 16.1. The molecule has 1 aromatic heterocycles. The van der Waals surface area contributed by atoms with Gasteiger partial charge in [-0.3, -0.25) is 0 Å². The number of nitrogens with zero attached hydrogens (tertiary/aromatic N) is 1. The van der Waals surface area contributed by atoms with Gasteiger partial charge in [-0.05, 0) is 31.0 Å². The van der Waals surface area contributed by atoms with Crippen molar-refractivity contribution in [3.63, 3.8) is 0 Å². The van der Waals surface area contributed by atoms with E-state index in [4.69, 9.17) is 10.6 Å². The van der Waals surface area contributed by atoms with Crippen molar-refractivity contribution in [1.82, 2.24) is 10.4 Å². The second kappa shape index (κ2) is 7.24. The molecular formula is C15H19N3O3S. The van der Waals surface area contributed by atoms with Crippen molar-refractivity contribution in [3.05, 3.63) is 35.2 Å². The van der Waals surface area contributed by atoms with Crippen molar-refractivity contribution in [3.8, 4) is 0 Å². The molecule has 1 aromatic carbocycles. The van der Waals surface area contributed by atoms with E-state index < -0.39 is 18.0 Å². The molecule has 0 aliphatic heterocycles. The molecule has 2 rings (SSSR count). The highest BCUT2D eigenvalue weighted by Gasteiger charge is 2.25.